The second-order valence-corrected chi connectivity index (χ2v) is 5.22. The number of hydrogen-bond acceptors (Lipinski definition) is 5. The zero-order chi connectivity index (χ0) is 17.3. The summed E-state index contributed by atoms with van der Waals surface area (Å²) < 4.78 is 26.8. The number of nitrogens with zero attached hydrogens (tertiary/aromatic N) is 4. The first kappa shape index (κ1) is 15.7. The number of rotatable bonds is 4. The fraction of sp³-hybridized carbons (Fsp3) is 0.235. The number of nitriles is 1. The van der Waals surface area contributed by atoms with Crippen molar-refractivity contribution in [2.75, 3.05) is 6.61 Å². The van der Waals surface area contributed by atoms with Gasteiger partial charge in [-0.15, -0.1) is 0 Å². The average molecular weight is 326 g/mol. The molecule has 0 unspecified atom stereocenters. The molecule has 1 aromatic carbocycles. The highest BCUT2D eigenvalue weighted by atomic mass is 19.1. The van der Waals surface area contributed by atoms with Gasteiger partial charge in [-0.1, -0.05) is 5.16 Å². The predicted molar refractivity (Wildman–Crippen MR) is 84.4 cm³/mol. The first-order valence-corrected chi connectivity index (χ1v) is 7.41. The monoisotopic (exact) mass is 326 g/mol. The van der Waals surface area contributed by atoms with E-state index >= 15 is 0 Å². The number of hydrogen-bond donors (Lipinski definition) is 0. The SMILES string of the molecule is CCOc1c(-c2cc(C)no2)c(C)nn1-c1ccc(C#N)cc1F. The summed E-state index contributed by atoms with van der Waals surface area (Å²) in [6, 6.07) is 7.87. The molecule has 3 rings (SSSR count). The Hall–Kier alpha value is -3.14. The molecular weight excluding hydrogens is 311 g/mol. The van der Waals surface area contributed by atoms with Crippen LogP contribution in [-0.2, 0) is 0 Å². The van der Waals surface area contributed by atoms with Crippen LogP contribution in [0.1, 0.15) is 23.9 Å². The molecule has 122 valence electrons. The van der Waals surface area contributed by atoms with Gasteiger partial charge < -0.3 is 9.26 Å². The van der Waals surface area contributed by atoms with E-state index in [4.69, 9.17) is 14.5 Å². The Morgan fingerprint density at radius 2 is 2.12 bits per heavy atom. The second-order valence-electron chi connectivity index (χ2n) is 5.22. The largest absolute Gasteiger partial charge is 0.477 e. The van der Waals surface area contributed by atoms with Gasteiger partial charge in [0.15, 0.2) is 5.76 Å². The summed E-state index contributed by atoms with van der Waals surface area (Å²) in [5, 5.41) is 17.1. The summed E-state index contributed by atoms with van der Waals surface area (Å²) in [6.45, 7) is 5.81. The van der Waals surface area contributed by atoms with Gasteiger partial charge >= 0.3 is 0 Å². The first-order chi connectivity index (χ1) is 11.5. The van der Waals surface area contributed by atoms with Crippen LogP contribution in [-0.4, -0.2) is 21.5 Å². The molecule has 24 heavy (non-hydrogen) atoms. The zero-order valence-corrected chi connectivity index (χ0v) is 13.5. The lowest BCUT2D eigenvalue weighted by Gasteiger charge is -2.10. The van der Waals surface area contributed by atoms with Crippen molar-refractivity contribution < 1.29 is 13.7 Å². The molecule has 0 saturated carbocycles. The molecule has 0 atom stereocenters. The molecule has 0 bridgehead atoms. The summed E-state index contributed by atoms with van der Waals surface area (Å²) in [6.07, 6.45) is 0. The number of aryl methyl sites for hydroxylation is 2. The molecule has 0 aliphatic rings. The summed E-state index contributed by atoms with van der Waals surface area (Å²) in [5.41, 5.74) is 2.41. The van der Waals surface area contributed by atoms with E-state index in [9.17, 15) is 4.39 Å². The van der Waals surface area contributed by atoms with E-state index in [0.29, 0.717) is 29.5 Å². The highest BCUT2D eigenvalue weighted by Crippen LogP contribution is 2.36. The second kappa shape index (κ2) is 6.16. The Balaban J connectivity index is 2.21. The smallest absolute Gasteiger partial charge is 0.228 e. The van der Waals surface area contributed by atoms with Gasteiger partial charge in [0.2, 0.25) is 5.88 Å². The van der Waals surface area contributed by atoms with Gasteiger partial charge in [-0.25, -0.2) is 4.39 Å². The molecule has 6 nitrogen and oxygen atoms in total. The summed E-state index contributed by atoms with van der Waals surface area (Å²) in [5.74, 6) is 0.321. The standard InChI is InChI=1S/C17H15FN4O2/c1-4-23-17-16(15-7-10(2)21-24-15)11(3)20-22(17)14-6-5-12(9-19)8-13(14)18/h5-8H,4H2,1-3H3. The maximum absolute atomic E-state index is 14.4. The lowest BCUT2D eigenvalue weighted by atomic mass is 10.2. The van der Waals surface area contributed by atoms with Crippen molar-refractivity contribution >= 4 is 0 Å². The van der Waals surface area contributed by atoms with E-state index in [1.165, 1.54) is 22.9 Å². The Kier molecular flexibility index (Phi) is 4.04. The van der Waals surface area contributed by atoms with Crippen molar-refractivity contribution in [3.05, 3.63) is 47.0 Å². The molecule has 0 radical (unpaired) electrons. The van der Waals surface area contributed by atoms with Crippen molar-refractivity contribution in [2.24, 2.45) is 0 Å². The molecular formula is C17H15FN4O2. The van der Waals surface area contributed by atoms with Crippen molar-refractivity contribution in [3.63, 3.8) is 0 Å². The van der Waals surface area contributed by atoms with Gasteiger partial charge in [-0.05, 0) is 39.0 Å². The first-order valence-electron chi connectivity index (χ1n) is 7.41. The van der Waals surface area contributed by atoms with Crippen LogP contribution in [0.25, 0.3) is 17.0 Å². The van der Waals surface area contributed by atoms with E-state index in [1.54, 1.807) is 13.0 Å². The number of aromatic nitrogens is 3. The summed E-state index contributed by atoms with van der Waals surface area (Å²) in [7, 11) is 0. The van der Waals surface area contributed by atoms with Crippen LogP contribution in [0.3, 0.4) is 0 Å². The predicted octanol–water partition coefficient (Wildman–Crippen LogP) is 3.55. The van der Waals surface area contributed by atoms with E-state index < -0.39 is 5.82 Å². The molecule has 2 aromatic heterocycles. The fourth-order valence-electron chi connectivity index (χ4n) is 2.45. The Bertz CT molecular complexity index is 937. The van der Waals surface area contributed by atoms with E-state index in [2.05, 4.69) is 10.3 Å². The molecule has 7 heteroatoms. The Morgan fingerprint density at radius 3 is 2.71 bits per heavy atom. The molecule has 0 saturated heterocycles. The summed E-state index contributed by atoms with van der Waals surface area (Å²) in [4.78, 5) is 0. The van der Waals surface area contributed by atoms with Crippen molar-refractivity contribution in [2.45, 2.75) is 20.8 Å². The number of benzene rings is 1. The van der Waals surface area contributed by atoms with E-state index in [0.717, 1.165) is 5.69 Å². The summed E-state index contributed by atoms with van der Waals surface area (Å²) >= 11 is 0. The molecule has 0 aliphatic carbocycles. The van der Waals surface area contributed by atoms with Gasteiger partial charge in [0.1, 0.15) is 17.1 Å². The van der Waals surface area contributed by atoms with Gasteiger partial charge in [0, 0.05) is 6.07 Å². The zero-order valence-electron chi connectivity index (χ0n) is 13.5. The molecule has 3 aromatic rings. The molecule has 0 aliphatic heterocycles. The van der Waals surface area contributed by atoms with Gasteiger partial charge in [-0.2, -0.15) is 15.0 Å². The molecule has 0 spiro atoms. The van der Waals surface area contributed by atoms with Crippen LogP contribution >= 0.6 is 0 Å². The third kappa shape index (κ3) is 2.63. The van der Waals surface area contributed by atoms with Gasteiger partial charge in [-0.3, -0.25) is 0 Å². The number of halogens is 1. The maximum Gasteiger partial charge on any atom is 0.228 e. The van der Waals surface area contributed by atoms with Crippen LogP contribution in [0.2, 0.25) is 0 Å². The van der Waals surface area contributed by atoms with Gasteiger partial charge in [0.25, 0.3) is 0 Å². The third-order valence-electron chi connectivity index (χ3n) is 3.48. The maximum atomic E-state index is 14.4. The van der Waals surface area contributed by atoms with E-state index in [1.807, 2.05) is 19.9 Å². The molecule has 0 N–H and O–H groups in total. The van der Waals surface area contributed by atoms with E-state index in [-0.39, 0.29) is 11.3 Å². The van der Waals surface area contributed by atoms with Crippen molar-refractivity contribution in [1.82, 2.24) is 14.9 Å². The van der Waals surface area contributed by atoms with Crippen LogP contribution < -0.4 is 4.74 Å². The molecule has 2 heterocycles. The van der Waals surface area contributed by atoms with Crippen LogP contribution in [0.15, 0.2) is 28.8 Å². The topological polar surface area (TPSA) is 76.9 Å². The minimum Gasteiger partial charge on any atom is -0.477 e. The fourth-order valence-corrected chi connectivity index (χ4v) is 2.45. The highest BCUT2D eigenvalue weighted by molar-refractivity contribution is 5.68. The quantitative estimate of drug-likeness (QED) is 0.732. The Labute approximate surface area is 138 Å². The Morgan fingerprint density at radius 1 is 1.33 bits per heavy atom. The van der Waals surface area contributed by atoms with Gasteiger partial charge in [0.05, 0.1) is 29.6 Å². The van der Waals surface area contributed by atoms with Crippen LogP contribution in [0, 0.1) is 31.0 Å². The third-order valence-corrected chi connectivity index (χ3v) is 3.48. The lowest BCUT2D eigenvalue weighted by molar-refractivity contribution is 0.315. The average Bonchev–Trinajstić information content (AvgIpc) is 3.11. The molecule has 0 fully saturated rings. The van der Waals surface area contributed by atoms with Crippen molar-refractivity contribution in [3.8, 4) is 29.0 Å². The van der Waals surface area contributed by atoms with Crippen LogP contribution in [0.5, 0.6) is 5.88 Å². The minimum absolute atomic E-state index is 0.197. The van der Waals surface area contributed by atoms with Crippen molar-refractivity contribution in [1.29, 1.82) is 5.26 Å². The normalized spacial score (nSPS) is 10.6. The minimum atomic E-state index is -0.558. The highest BCUT2D eigenvalue weighted by Gasteiger charge is 2.24. The van der Waals surface area contributed by atoms with Crippen LogP contribution in [0.4, 0.5) is 4.39 Å². The lowest BCUT2D eigenvalue weighted by Crippen LogP contribution is -2.05. The number of ether oxygens (including phenoxy) is 1. The molecule has 0 amide bonds.